The molecule has 0 bridgehead atoms. The summed E-state index contributed by atoms with van der Waals surface area (Å²) in [5, 5.41) is 1.02. The first-order valence-corrected chi connectivity index (χ1v) is 10.4. The predicted octanol–water partition coefficient (Wildman–Crippen LogP) is 4.49. The molecule has 3 heterocycles. The van der Waals surface area contributed by atoms with Crippen molar-refractivity contribution in [2.45, 2.75) is 45.2 Å². The van der Waals surface area contributed by atoms with E-state index in [0.29, 0.717) is 12.5 Å². The average molecular weight is 390 g/mol. The van der Waals surface area contributed by atoms with E-state index in [-0.39, 0.29) is 11.7 Å². The second kappa shape index (κ2) is 7.10. The molecule has 2 atom stereocenters. The van der Waals surface area contributed by atoms with Crippen LogP contribution in [-0.4, -0.2) is 26.2 Å². The van der Waals surface area contributed by atoms with Gasteiger partial charge >= 0.3 is 5.69 Å². The first-order chi connectivity index (χ1) is 14.2. The van der Waals surface area contributed by atoms with E-state index in [1.54, 1.807) is 7.11 Å². The van der Waals surface area contributed by atoms with Gasteiger partial charge < -0.3 is 9.72 Å². The number of aromatic nitrogens is 4. The van der Waals surface area contributed by atoms with Crippen LogP contribution < -0.4 is 10.4 Å². The van der Waals surface area contributed by atoms with Crippen LogP contribution in [0.5, 0.6) is 5.75 Å². The van der Waals surface area contributed by atoms with Crippen molar-refractivity contribution in [1.82, 2.24) is 19.1 Å². The van der Waals surface area contributed by atoms with E-state index in [1.165, 1.54) is 19.3 Å². The number of benzene rings is 1. The molecule has 0 aliphatic heterocycles. The molecular formula is C23H26N4O2. The average Bonchev–Trinajstić information content (AvgIpc) is 3.32. The molecule has 6 nitrogen and oxygen atoms in total. The Morgan fingerprint density at radius 2 is 2.10 bits per heavy atom. The number of rotatable bonds is 4. The lowest BCUT2D eigenvalue weighted by Gasteiger charge is -2.29. The molecule has 1 saturated carbocycles. The number of ether oxygens (including phenoxy) is 1. The van der Waals surface area contributed by atoms with Gasteiger partial charge in [-0.15, -0.1) is 0 Å². The van der Waals surface area contributed by atoms with Gasteiger partial charge in [-0.05, 0) is 42.5 Å². The summed E-state index contributed by atoms with van der Waals surface area (Å²) < 4.78 is 9.28. The number of nitrogens with zero attached hydrogens (tertiary/aromatic N) is 3. The fraction of sp³-hybridized carbons (Fsp3) is 0.391. The lowest BCUT2D eigenvalue weighted by molar-refractivity contribution is 0.256. The summed E-state index contributed by atoms with van der Waals surface area (Å²) in [6, 6.07) is 10.2. The number of imidazole rings is 1. The summed E-state index contributed by atoms with van der Waals surface area (Å²) in [6.45, 7) is 2.77. The summed E-state index contributed by atoms with van der Waals surface area (Å²) in [5.41, 5.74) is 3.81. The van der Waals surface area contributed by atoms with E-state index in [0.717, 1.165) is 39.8 Å². The highest BCUT2D eigenvalue weighted by molar-refractivity contribution is 6.01. The summed E-state index contributed by atoms with van der Waals surface area (Å²) in [6.07, 6.45) is 8.37. The Kier molecular flexibility index (Phi) is 4.42. The normalized spacial score (nSPS) is 19.8. The van der Waals surface area contributed by atoms with Crippen LogP contribution in [-0.2, 0) is 6.54 Å². The summed E-state index contributed by atoms with van der Waals surface area (Å²) in [5.74, 6) is 1.28. The van der Waals surface area contributed by atoms with Gasteiger partial charge in [0.1, 0.15) is 11.4 Å². The first-order valence-electron chi connectivity index (χ1n) is 10.4. The summed E-state index contributed by atoms with van der Waals surface area (Å²) in [4.78, 5) is 21.5. The standard InChI is InChI=1S/C23H26N4O2/c1-15-6-3-4-9-19(15)27-21-18-10-11-24-22(18)25-13-20(21)26(23(27)28)14-16-7-5-8-17(12-16)29-2/h5,7-8,10-13,15,19H,3-4,6,9,14H2,1-2H3,(H,24,25)/t15-,19+/m1/s1. The Balaban J connectivity index is 1.74. The van der Waals surface area contributed by atoms with Crippen molar-refractivity contribution in [3.05, 3.63) is 58.8 Å². The minimum absolute atomic E-state index is 0.0528. The van der Waals surface area contributed by atoms with Gasteiger partial charge in [-0.1, -0.05) is 31.9 Å². The molecule has 1 fully saturated rings. The van der Waals surface area contributed by atoms with E-state index < -0.39 is 0 Å². The Bertz CT molecular complexity index is 1230. The second-order valence-electron chi connectivity index (χ2n) is 8.15. The van der Waals surface area contributed by atoms with Gasteiger partial charge in [0.15, 0.2) is 0 Å². The van der Waals surface area contributed by atoms with Gasteiger partial charge in [0.05, 0.1) is 30.9 Å². The predicted molar refractivity (Wildman–Crippen MR) is 115 cm³/mol. The molecule has 1 aliphatic rings. The third kappa shape index (κ3) is 2.94. The maximum Gasteiger partial charge on any atom is 0.329 e. The maximum absolute atomic E-state index is 13.7. The van der Waals surface area contributed by atoms with Crippen LogP contribution in [0.3, 0.4) is 0 Å². The highest BCUT2D eigenvalue weighted by Crippen LogP contribution is 2.36. The molecule has 5 rings (SSSR count). The van der Waals surface area contributed by atoms with E-state index >= 15 is 0 Å². The molecule has 1 N–H and O–H groups in total. The molecule has 6 heteroatoms. The SMILES string of the molecule is COc1cccc(Cn2c(=O)n([C@H]3CCCC[C@H]3C)c3c4cc[nH]c4ncc32)c1. The Labute approximate surface area is 169 Å². The Morgan fingerprint density at radius 1 is 1.24 bits per heavy atom. The van der Waals surface area contributed by atoms with Gasteiger partial charge in [-0.25, -0.2) is 9.78 Å². The number of H-pyrrole nitrogens is 1. The largest absolute Gasteiger partial charge is 0.497 e. The molecule has 150 valence electrons. The van der Waals surface area contributed by atoms with Crippen LogP contribution in [0.15, 0.2) is 47.5 Å². The first kappa shape index (κ1) is 18.0. The number of hydrogen-bond acceptors (Lipinski definition) is 3. The molecule has 1 aliphatic carbocycles. The van der Waals surface area contributed by atoms with E-state index in [1.807, 2.05) is 47.3 Å². The topological polar surface area (TPSA) is 64.8 Å². The highest BCUT2D eigenvalue weighted by atomic mass is 16.5. The van der Waals surface area contributed by atoms with Crippen molar-refractivity contribution < 1.29 is 4.74 Å². The number of aromatic amines is 1. The zero-order valence-electron chi connectivity index (χ0n) is 16.9. The fourth-order valence-corrected chi connectivity index (χ4v) is 4.86. The van der Waals surface area contributed by atoms with Crippen molar-refractivity contribution in [3.8, 4) is 5.75 Å². The van der Waals surface area contributed by atoms with Gasteiger partial charge in [0.2, 0.25) is 0 Å². The molecule has 0 amide bonds. The van der Waals surface area contributed by atoms with Crippen LogP contribution >= 0.6 is 0 Å². The Hall–Kier alpha value is -3.02. The Morgan fingerprint density at radius 3 is 2.93 bits per heavy atom. The smallest absolute Gasteiger partial charge is 0.329 e. The van der Waals surface area contributed by atoms with E-state index in [4.69, 9.17) is 4.74 Å². The van der Waals surface area contributed by atoms with Crippen LogP contribution in [0.2, 0.25) is 0 Å². The summed E-state index contributed by atoms with van der Waals surface area (Å²) >= 11 is 0. The third-order valence-electron chi connectivity index (χ3n) is 6.38. The zero-order valence-corrected chi connectivity index (χ0v) is 16.9. The molecule has 1 aromatic carbocycles. The monoisotopic (exact) mass is 390 g/mol. The van der Waals surface area contributed by atoms with E-state index in [2.05, 4.69) is 21.5 Å². The molecule has 4 aromatic rings. The molecule has 0 unspecified atom stereocenters. The molecule has 0 saturated heterocycles. The van der Waals surface area contributed by atoms with E-state index in [9.17, 15) is 4.79 Å². The quantitative estimate of drug-likeness (QED) is 0.558. The summed E-state index contributed by atoms with van der Waals surface area (Å²) in [7, 11) is 1.66. The number of nitrogens with one attached hydrogen (secondary N) is 1. The maximum atomic E-state index is 13.7. The minimum atomic E-state index is 0.0528. The highest BCUT2D eigenvalue weighted by Gasteiger charge is 2.28. The van der Waals surface area contributed by atoms with Gasteiger partial charge in [-0.2, -0.15) is 0 Å². The van der Waals surface area contributed by atoms with Crippen LogP contribution in [0.1, 0.15) is 44.2 Å². The molecule has 0 spiro atoms. The number of pyridine rings is 1. The van der Waals surface area contributed by atoms with Crippen LogP contribution in [0, 0.1) is 5.92 Å². The van der Waals surface area contributed by atoms with Crippen LogP contribution in [0.25, 0.3) is 22.1 Å². The van der Waals surface area contributed by atoms with Crippen molar-refractivity contribution in [3.63, 3.8) is 0 Å². The zero-order chi connectivity index (χ0) is 20.0. The molecular weight excluding hydrogens is 364 g/mol. The lowest BCUT2D eigenvalue weighted by atomic mass is 9.85. The second-order valence-corrected chi connectivity index (χ2v) is 8.15. The lowest BCUT2D eigenvalue weighted by Crippen LogP contribution is -2.32. The molecule has 3 aromatic heterocycles. The van der Waals surface area contributed by atoms with Crippen molar-refractivity contribution in [2.24, 2.45) is 5.92 Å². The van der Waals surface area contributed by atoms with Crippen molar-refractivity contribution in [2.75, 3.05) is 7.11 Å². The van der Waals surface area contributed by atoms with Crippen molar-refractivity contribution in [1.29, 1.82) is 0 Å². The molecule has 29 heavy (non-hydrogen) atoms. The number of hydrogen-bond donors (Lipinski definition) is 1. The van der Waals surface area contributed by atoms with Crippen LogP contribution in [0.4, 0.5) is 0 Å². The van der Waals surface area contributed by atoms with Gasteiger partial charge in [0, 0.05) is 17.6 Å². The number of fused-ring (bicyclic) bond motifs is 3. The van der Waals surface area contributed by atoms with Crippen molar-refractivity contribution >= 4 is 22.1 Å². The fourth-order valence-electron chi connectivity index (χ4n) is 4.86. The third-order valence-corrected chi connectivity index (χ3v) is 6.38. The van der Waals surface area contributed by atoms with Gasteiger partial charge in [-0.3, -0.25) is 9.13 Å². The molecule has 0 radical (unpaired) electrons. The van der Waals surface area contributed by atoms with Gasteiger partial charge in [0.25, 0.3) is 0 Å². The minimum Gasteiger partial charge on any atom is -0.497 e. The number of methoxy groups -OCH3 is 1.